The number of aryl methyl sites for hydroxylation is 2. The van der Waals surface area contributed by atoms with Crippen LogP contribution in [-0.2, 0) is 31.4 Å². The van der Waals surface area contributed by atoms with E-state index in [1.165, 1.54) is 17.6 Å². The maximum Gasteiger partial charge on any atom is 0.356 e. The van der Waals surface area contributed by atoms with Crippen molar-refractivity contribution in [3.8, 4) is 17.4 Å². The number of pyridine rings is 1. The van der Waals surface area contributed by atoms with Crippen LogP contribution in [-0.4, -0.2) is 70.3 Å². The monoisotopic (exact) mass is 517 g/mol. The summed E-state index contributed by atoms with van der Waals surface area (Å²) in [5, 5.41) is 29.7. The smallest absolute Gasteiger partial charge is 0.356 e. The summed E-state index contributed by atoms with van der Waals surface area (Å²) < 4.78 is 36.2. The van der Waals surface area contributed by atoms with Crippen molar-refractivity contribution in [2.24, 2.45) is 18.9 Å². The summed E-state index contributed by atoms with van der Waals surface area (Å²) in [5.41, 5.74) is 2.86. The van der Waals surface area contributed by atoms with E-state index in [0.717, 1.165) is 6.54 Å². The lowest BCUT2D eigenvalue weighted by Crippen LogP contribution is -2.48. The molecule has 1 saturated heterocycles. The molecule has 2 aliphatic rings. The van der Waals surface area contributed by atoms with E-state index in [0.29, 0.717) is 40.8 Å². The Bertz CT molecular complexity index is 1270. The molecule has 4 heterocycles. The summed E-state index contributed by atoms with van der Waals surface area (Å²) in [4.78, 5) is 19.0. The van der Waals surface area contributed by atoms with Crippen LogP contribution in [0, 0.1) is 11.8 Å². The minimum absolute atomic E-state index is 0.0913. The van der Waals surface area contributed by atoms with Crippen LogP contribution in [0.1, 0.15) is 44.0 Å². The van der Waals surface area contributed by atoms with Crippen LogP contribution in [0.3, 0.4) is 0 Å². The molecule has 0 unspecified atom stereocenters. The number of rotatable bonds is 10. The Hall–Kier alpha value is -3.71. The number of piperidine rings is 1. The molecule has 1 aliphatic heterocycles. The van der Waals surface area contributed by atoms with Gasteiger partial charge in [0.15, 0.2) is 0 Å². The zero-order valence-corrected chi connectivity index (χ0v) is 20.7. The lowest BCUT2D eigenvalue weighted by molar-refractivity contribution is -0.139. The molecule has 0 radical (unpaired) electrons. The van der Waals surface area contributed by atoms with E-state index in [1.54, 1.807) is 28.8 Å². The summed E-state index contributed by atoms with van der Waals surface area (Å²) in [7, 11) is 1.74. The van der Waals surface area contributed by atoms with Crippen molar-refractivity contribution in [1.29, 1.82) is 0 Å². The van der Waals surface area contributed by atoms with Crippen LogP contribution in [0.4, 0.5) is 14.5 Å². The van der Waals surface area contributed by atoms with Crippen LogP contribution in [0.2, 0.25) is 0 Å². The molecule has 198 valence electrons. The lowest BCUT2D eigenvalue weighted by atomic mass is 9.91. The van der Waals surface area contributed by atoms with Gasteiger partial charge in [-0.25, -0.2) is 18.4 Å². The van der Waals surface area contributed by atoms with E-state index >= 15 is 0 Å². The molecule has 3 aromatic rings. The molecule has 5 rings (SSSR count). The molecular weight excluding hydrogens is 488 g/mol. The first kappa shape index (κ1) is 25.0. The summed E-state index contributed by atoms with van der Waals surface area (Å²) >= 11 is 0. The van der Waals surface area contributed by atoms with Gasteiger partial charge in [0.2, 0.25) is 0 Å². The highest BCUT2D eigenvalue weighted by Crippen LogP contribution is 2.36. The topological polar surface area (TPSA) is 137 Å². The largest absolute Gasteiger partial charge is 0.481 e. The third kappa shape index (κ3) is 5.83. The van der Waals surface area contributed by atoms with Gasteiger partial charge in [-0.15, -0.1) is 5.10 Å². The van der Waals surface area contributed by atoms with Gasteiger partial charge in [0.25, 0.3) is 5.92 Å². The van der Waals surface area contributed by atoms with Crippen molar-refractivity contribution in [1.82, 2.24) is 40.2 Å². The number of ether oxygens (including phenoxy) is 1. The normalized spacial score (nSPS) is 19.2. The summed E-state index contributed by atoms with van der Waals surface area (Å²) in [6.07, 6.45) is 2.11. The second-order valence-corrected chi connectivity index (χ2v) is 9.79. The first-order valence-electron chi connectivity index (χ1n) is 12.3. The van der Waals surface area contributed by atoms with Crippen molar-refractivity contribution >= 4 is 11.7 Å². The highest BCUT2D eigenvalue weighted by molar-refractivity contribution is 5.67. The fourth-order valence-electron chi connectivity index (χ4n) is 4.71. The number of carboxylic acid groups (broad SMARTS) is 1. The SMILES string of the molecule is CCc1nc(-c2nnn(C)c2COc2nnn(CC3CC3)n2)ccc1N1C[C@@H](CC(=O)O)CC(F)(F)C1. The van der Waals surface area contributed by atoms with E-state index in [9.17, 15) is 13.6 Å². The van der Waals surface area contributed by atoms with E-state index < -0.39 is 30.8 Å². The summed E-state index contributed by atoms with van der Waals surface area (Å²) in [6, 6.07) is 3.61. The van der Waals surface area contributed by atoms with Gasteiger partial charge in [-0.3, -0.25) is 4.79 Å². The molecule has 1 N–H and O–H groups in total. The maximum atomic E-state index is 14.5. The first-order chi connectivity index (χ1) is 17.7. The van der Waals surface area contributed by atoms with Crippen LogP contribution in [0.25, 0.3) is 11.4 Å². The predicted molar refractivity (Wildman–Crippen MR) is 126 cm³/mol. The minimum atomic E-state index is -2.98. The van der Waals surface area contributed by atoms with Crippen molar-refractivity contribution in [3.05, 3.63) is 23.5 Å². The van der Waals surface area contributed by atoms with E-state index in [2.05, 4.69) is 25.7 Å². The highest BCUT2D eigenvalue weighted by Gasteiger charge is 2.41. The third-order valence-electron chi connectivity index (χ3n) is 6.65. The van der Waals surface area contributed by atoms with Gasteiger partial charge in [-0.1, -0.05) is 22.3 Å². The molecule has 3 aromatic heterocycles. The van der Waals surface area contributed by atoms with Gasteiger partial charge < -0.3 is 14.7 Å². The molecule has 0 amide bonds. The molecule has 0 spiro atoms. The fraction of sp³-hybridized carbons (Fsp3) is 0.609. The standard InChI is InChI=1S/C23H29F2N9O3/c1-3-16-18(33-10-15(8-20(35)36)9-23(24,25)13-33)7-6-17(26-16)21-19(32(2)30-27-21)12-37-22-28-31-34(29-22)11-14-4-5-14/h6-7,14-15H,3-5,8-13H2,1-2H3,(H,35,36)/t15-/m0/s1. The summed E-state index contributed by atoms with van der Waals surface area (Å²) in [5.74, 6) is -4.10. The molecule has 1 atom stereocenters. The van der Waals surface area contributed by atoms with Gasteiger partial charge in [0.1, 0.15) is 18.0 Å². The van der Waals surface area contributed by atoms with Crippen LogP contribution in [0.15, 0.2) is 12.1 Å². The van der Waals surface area contributed by atoms with Crippen molar-refractivity contribution < 1.29 is 23.4 Å². The number of nitrogens with zero attached hydrogens (tertiary/aromatic N) is 9. The van der Waals surface area contributed by atoms with Gasteiger partial charge in [0.05, 0.1) is 36.6 Å². The Balaban J connectivity index is 1.35. The Morgan fingerprint density at radius 3 is 2.76 bits per heavy atom. The number of aliphatic carboxylic acids is 1. The van der Waals surface area contributed by atoms with Crippen molar-refractivity contribution in [2.45, 2.75) is 58.1 Å². The zero-order chi connectivity index (χ0) is 26.2. The van der Waals surface area contributed by atoms with E-state index in [4.69, 9.17) is 14.8 Å². The molecular formula is C23H29F2N9O3. The van der Waals surface area contributed by atoms with Gasteiger partial charge in [-0.2, -0.15) is 4.80 Å². The molecule has 1 saturated carbocycles. The number of carbonyl (C=O) groups is 1. The van der Waals surface area contributed by atoms with Crippen LogP contribution < -0.4 is 9.64 Å². The van der Waals surface area contributed by atoms with E-state index in [-0.39, 0.29) is 25.6 Å². The lowest BCUT2D eigenvalue weighted by Gasteiger charge is -2.39. The molecule has 2 fully saturated rings. The van der Waals surface area contributed by atoms with Crippen LogP contribution in [0.5, 0.6) is 6.01 Å². The molecule has 1 aliphatic carbocycles. The highest BCUT2D eigenvalue weighted by atomic mass is 19.3. The number of hydrogen-bond acceptors (Lipinski definition) is 9. The number of halogens is 2. The average Bonchev–Trinajstić information content (AvgIpc) is 3.41. The Labute approximate surface area is 211 Å². The molecule has 0 bridgehead atoms. The third-order valence-corrected chi connectivity index (χ3v) is 6.65. The Kier molecular flexibility index (Phi) is 6.73. The summed E-state index contributed by atoms with van der Waals surface area (Å²) in [6.45, 7) is 2.47. The Morgan fingerprint density at radius 2 is 2.03 bits per heavy atom. The Morgan fingerprint density at radius 1 is 1.22 bits per heavy atom. The van der Waals surface area contributed by atoms with Crippen molar-refractivity contribution in [3.63, 3.8) is 0 Å². The second-order valence-electron chi connectivity index (χ2n) is 9.79. The number of anilines is 1. The van der Waals surface area contributed by atoms with Crippen molar-refractivity contribution in [2.75, 3.05) is 18.0 Å². The van der Waals surface area contributed by atoms with Gasteiger partial charge in [0, 0.05) is 20.0 Å². The number of aromatic nitrogens is 8. The number of tetrazole rings is 1. The quantitative estimate of drug-likeness (QED) is 0.427. The van der Waals surface area contributed by atoms with Gasteiger partial charge in [-0.05, 0) is 48.4 Å². The number of alkyl halides is 2. The van der Waals surface area contributed by atoms with Crippen LogP contribution >= 0.6 is 0 Å². The number of carboxylic acids is 1. The molecule has 14 heteroatoms. The maximum absolute atomic E-state index is 14.5. The molecule has 0 aromatic carbocycles. The molecule has 12 nitrogen and oxygen atoms in total. The predicted octanol–water partition coefficient (Wildman–Crippen LogP) is 2.35. The molecule has 37 heavy (non-hydrogen) atoms. The van der Waals surface area contributed by atoms with E-state index in [1.807, 2.05) is 6.92 Å². The van der Waals surface area contributed by atoms with Gasteiger partial charge >= 0.3 is 12.0 Å². The zero-order valence-electron chi connectivity index (χ0n) is 20.7. The average molecular weight is 518 g/mol. The fourth-order valence-corrected chi connectivity index (χ4v) is 4.71. The minimum Gasteiger partial charge on any atom is -0.481 e. The second kappa shape index (κ2) is 9.98. The first-order valence-corrected chi connectivity index (χ1v) is 12.3. The number of hydrogen-bond donors (Lipinski definition) is 1.